The van der Waals surface area contributed by atoms with E-state index in [2.05, 4.69) is 20.8 Å². The van der Waals surface area contributed by atoms with Crippen LogP contribution in [0.3, 0.4) is 0 Å². The molecule has 15 heteroatoms. The predicted octanol–water partition coefficient (Wildman–Crippen LogP) is -0.347. The van der Waals surface area contributed by atoms with Gasteiger partial charge in [0.2, 0.25) is 11.2 Å². The molecular weight excluding hydrogens is 432 g/mol. The summed E-state index contributed by atoms with van der Waals surface area (Å²) in [5.74, 6) is -2.30. The normalized spacial score (nSPS) is 20.9. The molecule has 0 spiro atoms. The van der Waals surface area contributed by atoms with E-state index in [0.29, 0.717) is 23.6 Å². The van der Waals surface area contributed by atoms with E-state index in [1.165, 1.54) is 32.7 Å². The first-order chi connectivity index (χ1) is 14.9. The smallest absolute Gasteiger partial charge is 0.352 e. The number of β-lactam (4-membered cyclic amide) rings is 1. The SMILES string of the molecule is CCN(CC)/[N+]([O-])=N/OCC1=C(C(=O)O)N2C(=O)[C@@H](CC(=O)Cn3cnnn3)[C@H]2SC1. The van der Waals surface area contributed by atoms with Gasteiger partial charge in [0.15, 0.2) is 5.78 Å². The Morgan fingerprint density at radius 3 is 2.81 bits per heavy atom. The molecule has 31 heavy (non-hydrogen) atoms. The van der Waals surface area contributed by atoms with E-state index in [0.717, 1.165) is 0 Å². The van der Waals surface area contributed by atoms with Gasteiger partial charge in [-0.15, -0.1) is 21.9 Å². The molecule has 0 aromatic carbocycles. The standard InChI is InChI=1S/C16H22N8O6S/c1-3-22(4-2)24(29)20-30-7-10-8-31-15-12(14(26)23(15)13(10)16(27)28)5-11(25)6-21-9-17-18-19-21/h9,12,15H,3-8H2,1-2H3,(H,27,28)/b24-20-/t12-,15-/m1/s1. The van der Waals surface area contributed by atoms with E-state index in [-0.39, 0.29) is 36.8 Å². The second kappa shape index (κ2) is 9.72. The van der Waals surface area contributed by atoms with Gasteiger partial charge in [0.1, 0.15) is 25.2 Å². The zero-order chi connectivity index (χ0) is 22.5. The molecule has 2 aliphatic heterocycles. The Morgan fingerprint density at radius 2 is 2.19 bits per heavy atom. The van der Waals surface area contributed by atoms with E-state index in [1.807, 2.05) is 0 Å². The van der Waals surface area contributed by atoms with Crippen LogP contribution in [-0.2, 0) is 25.8 Å². The lowest BCUT2D eigenvalue weighted by Crippen LogP contribution is -2.62. The summed E-state index contributed by atoms with van der Waals surface area (Å²) in [6, 6.07) is 0. The van der Waals surface area contributed by atoms with Gasteiger partial charge in [-0.25, -0.2) is 9.48 Å². The molecule has 0 radical (unpaired) electrons. The topological polar surface area (TPSA) is 169 Å². The van der Waals surface area contributed by atoms with Crippen LogP contribution in [0.4, 0.5) is 0 Å². The summed E-state index contributed by atoms with van der Waals surface area (Å²) in [7, 11) is 0. The highest BCUT2D eigenvalue weighted by molar-refractivity contribution is 8.00. The zero-order valence-corrected chi connectivity index (χ0v) is 17.8. The Morgan fingerprint density at radius 1 is 1.45 bits per heavy atom. The van der Waals surface area contributed by atoms with Gasteiger partial charge >= 0.3 is 5.97 Å². The minimum absolute atomic E-state index is 0.0318. The number of thioether (sulfide) groups is 1. The number of carboxylic acids is 1. The van der Waals surface area contributed by atoms with E-state index in [1.54, 1.807) is 13.8 Å². The van der Waals surface area contributed by atoms with E-state index in [9.17, 15) is 24.7 Å². The van der Waals surface area contributed by atoms with Crippen molar-refractivity contribution >= 4 is 29.4 Å². The minimum atomic E-state index is -1.28. The molecule has 1 aromatic heterocycles. The number of aliphatic carboxylic acids is 1. The highest BCUT2D eigenvalue weighted by Crippen LogP contribution is 2.45. The quantitative estimate of drug-likeness (QED) is 0.201. The van der Waals surface area contributed by atoms with Crippen LogP contribution in [0.1, 0.15) is 20.3 Å². The highest BCUT2D eigenvalue weighted by Gasteiger charge is 2.53. The number of aromatic nitrogens is 4. The summed E-state index contributed by atoms with van der Waals surface area (Å²) in [6.07, 6.45) is 1.27. The molecule has 168 valence electrons. The minimum Gasteiger partial charge on any atom is -0.569 e. The van der Waals surface area contributed by atoms with Crippen molar-refractivity contribution in [3.63, 3.8) is 0 Å². The van der Waals surface area contributed by atoms with Gasteiger partial charge in [-0.3, -0.25) is 14.5 Å². The molecule has 0 aliphatic carbocycles. The zero-order valence-electron chi connectivity index (χ0n) is 16.9. The van der Waals surface area contributed by atoms with Crippen LogP contribution in [0.15, 0.2) is 22.9 Å². The number of amides is 1. The lowest BCUT2D eigenvalue weighted by atomic mass is 9.90. The molecule has 2 aliphatic rings. The Kier molecular flexibility index (Phi) is 7.04. The Bertz CT molecular complexity index is 900. The number of rotatable bonds is 11. The number of carboxylic acid groups (broad SMARTS) is 1. The molecule has 1 aromatic rings. The first-order valence-electron chi connectivity index (χ1n) is 9.54. The number of nitrogens with zero attached hydrogens (tertiary/aromatic N) is 8. The molecule has 3 rings (SSSR count). The maximum absolute atomic E-state index is 12.6. The molecule has 0 saturated carbocycles. The number of fused-ring (bicyclic) bond motifs is 1. The Labute approximate surface area is 181 Å². The second-order valence-electron chi connectivity index (χ2n) is 6.77. The lowest BCUT2D eigenvalue weighted by molar-refractivity contribution is -0.709. The molecule has 0 unspecified atom stereocenters. The molecule has 1 amide bonds. The number of tetrazole rings is 1. The fourth-order valence-electron chi connectivity index (χ4n) is 3.35. The van der Waals surface area contributed by atoms with Crippen LogP contribution in [0.2, 0.25) is 0 Å². The van der Waals surface area contributed by atoms with Crippen molar-refractivity contribution in [2.24, 2.45) is 11.2 Å². The predicted molar refractivity (Wildman–Crippen MR) is 104 cm³/mol. The monoisotopic (exact) mass is 454 g/mol. The maximum atomic E-state index is 12.6. The summed E-state index contributed by atoms with van der Waals surface area (Å²) in [5, 5.41) is 36.3. The summed E-state index contributed by atoms with van der Waals surface area (Å²) >= 11 is 1.34. The van der Waals surface area contributed by atoms with Gasteiger partial charge in [-0.2, -0.15) is 0 Å². The molecular formula is C16H22N8O6S. The molecule has 1 saturated heterocycles. The molecule has 14 nitrogen and oxygen atoms in total. The summed E-state index contributed by atoms with van der Waals surface area (Å²) < 4.78 is 1.26. The van der Waals surface area contributed by atoms with E-state index < -0.39 is 23.2 Å². The average Bonchev–Trinajstić information content (AvgIpc) is 3.25. The van der Waals surface area contributed by atoms with Crippen molar-refractivity contribution in [2.45, 2.75) is 32.2 Å². The number of hydrazine groups is 1. The van der Waals surface area contributed by atoms with E-state index in [4.69, 9.17) is 4.84 Å². The first kappa shape index (κ1) is 22.5. The molecule has 0 bridgehead atoms. The van der Waals surface area contributed by atoms with Gasteiger partial charge in [0.25, 0.3) is 0 Å². The van der Waals surface area contributed by atoms with Crippen molar-refractivity contribution in [1.29, 1.82) is 0 Å². The van der Waals surface area contributed by atoms with Crippen LogP contribution in [-0.4, -0.2) is 88.7 Å². The second-order valence-corrected chi connectivity index (χ2v) is 7.88. The number of hydrogen-bond donors (Lipinski definition) is 1. The Hall–Kier alpha value is -3.23. The third-order valence-electron chi connectivity index (χ3n) is 4.88. The van der Waals surface area contributed by atoms with Gasteiger partial charge in [0, 0.05) is 17.7 Å². The van der Waals surface area contributed by atoms with Gasteiger partial charge < -0.3 is 15.2 Å². The van der Waals surface area contributed by atoms with Crippen LogP contribution >= 0.6 is 11.8 Å². The Balaban J connectivity index is 1.65. The van der Waals surface area contributed by atoms with Crippen molar-refractivity contribution in [2.75, 3.05) is 25.4 Å². The summed E-state index contributed by atoms with van der Waals surface area (Å²) in [4.78, 5) is 43.2. The summed E-state index contributed by atoms with van der Waals surface area (Å²) in [6.45, 7) is 4.13. The molecule has 1 fully saturated rings. The molecule has 3 heterocycles. The number of carbonyl (C=O) groups excluding carboxylic acids is 2. The van der Waals surface area contributed by atoms with E-state index >= 15 is 0 Å². The highest BCUT2D eigenvalue weighted by atomic mass is 32.2. The van der Waals surface area contributed by atoms with Gasteiger partial charge in [-0.1, -0.05) is 0 Å². The van der Waals surface area contributed by atoms with Gasteiger partial charge in [0.05, 0.1) is 29.4 Å². The lowest BCUT2D eigenvalue weighted by Gasteiger charge is -2.49. The first-order valence-corrected chi connectivity index (χ1v) is 10.6. The van der Waals surface area contributed by atoms with Crippen molar-refractivity contribution in [3.05, 3.63) is 22.8 Å². The largest absolute Gasteiger partial charge is 0.569 e. The molecule has 1 N–H and O–H groups in total. The van der Waals surface area contributed by atoms with Crippen LogP contribution in [0, 0.1) is 11.1 Å². The van der Waals surface area contributed by atoms with Gasteiger partial charge in [-0.05, 0) is 24.3 Å². The number of ketones is 1. The number of hydrogen-bond acceptors (Lipinski definition) is 10. The van der Waals surface area contributed by atoms with Crippen molar-refractivity contribution < 1.29 is 29.3 Å². The maximum Gasteiger partial charge on any atom is 0.352 e. The van der Waals surface area contributed by atoms with Crippen molar-refractivity contribution in [1.82, 2.24) is 30.1 Å². The van der Waals surface area contributed by atoms with Crippen LogP contribution in [0.25, 0.3) is 0 Å². The number of Topliss-reactive ketones (excluding diaryl/α,β-unsaturated/α-hetero) is 1. The fourth-order valence-corrected chi connectivity index (χ4v) is 4.74. The fraction of sp³-hybridized carbons (Fsp3) is 0.625. The third kappa shape index (κ3) is 4.76. The van der Waals surface area contributed by atoms with Crippen LogP contribution in [0.5, 0.6) is 0 Å². The molecule has 2 atom stereocenters. The average molecular weight is 454 g/mol. The third-order valence-corrected chi connectivity index (χ3v) is 6.27. The van der Waals surface area contributed by atoms with Crippen LogP contribution < -0.4 is 0 Å². The number of carbonyl (C=O) groups is 3. The summed E-state index contributed by atoms with van der Waals surface area (Å²) in [5.41, 5.74) is 0.144. The van der Waals surface area contributed by atoms with Crippen molar-refractivity contribution in [3.8, 4) is 0 Å².